The zero-order valence-corrected chi connectivity index (χ0v) is 39.9. The number of hydrogen-bond donors (Lipinski definition) is 0. The minimum atomic E-state index is 0.548. The van der Waals surface area contributed by atoms with Crippen molar-refractivity contribution in [2.24, 2.45) is 0 Å². The molecule has 5 aromatic heterocycles. The first kappa shape index (κ1) is 40.6. The normalized spacial score (nSPS) is 11.9. The van der Waals surface area contributed by atoms with Crippen LogP contribution in [0.3, 0.4) is 0 Å². The van der Waals surface area contributed by atoms with Gasteiger partial charge in [-0.1, -0.05) is 146 Å². The summed E-state index contributed by atoms with van der Waals surface area (Å²) >= 11 is 3.70. The average Bonchev–Trinajstić information content (AvgIpc) is 4.21. The summed E-state index contributed by atoms with van der Waals surface area (Å²) < 4.78 is 9.87. The molecule has 0 aliphatic rings. The molecular formula is C64H36N6S2. The monoisotopic (exact) mass is 952 g/mol. The van der Waals surface area contributed by atoms with Gasteiger partial charge in [0.1, 0.15) is 0 Å². The largest absolute Gasteiger partial charge is 0.309 e. The molecule has 0 fully saturated rings. The third-order valence-corrected chi connectivity index (χ3v) is 16.6. The molecule has 8 heteroatoms. The smallest absolute Gasteiger partial charge is 0.164 e. The summed E-state index contributed by atoms with van der Waals surface area (Å²) in [6, 6.07) is 79.5. The van der Waals surface area contributed by atoms with Crippen LogP contribution in [0.1, 0.15) is 5.56 Å². The molecule has 10 aromatic carbocycles. The number of nitriles is 1. The van der Waals surface area contributed by atoms with Crippen molar-refractivity contribution in [1.29, 1.82) is 5.26 Å². The Labute approximate surface area is 420 Å². The maximum Gasteiger partial charge on any atom is 0.164 e. The van der Waals surface area contributed by atoms with Gasteiger partial charge in [0.05, 0.1) is 45.1 Å². The van der Waals surface area contributed by atoms with Gasteiger partial charge in [0.25, 0.3) is 0 Å². The Morgan fingerprint density at radius 3 is 1.29 bits per heavy atom. The lowest BCUT2D eigenvalue weighted by Gasteiger charge is -2.20. The van der Waals surface area contributed by atoms with Crippen molar-refractivity contribution in [3.05, 3.63) is 224 Å². The van der Waals surface area contributed by atoms with E-state index < -0.39 is 0 Å². The quantitative estimate of drug-likeness (QED) is 0.166. The highest BCUT2D eigenvalue weighted by atomic mass is 32.1. The van der Waals surface area contributed by atoms with Crippen molar-refractivity contribution in [2.75, 3.05) is 0 Å². The molecule has 0 aliphatic heterocycles. The predicted molar refractivity (Wildman–Crippen MR) is 301 cm³/mol. The highest BCUT2D eigenvalue weighted by Gasteiger charge is 2.25. The summed E-state index contributed by atoms with van der Waals surface area (Å²) in [5.41, 5.74) is 11.3. The van der Waals surface area contributed by atoms with E-state index in [0.29, 0.717) is 23.0 Å². The van der Waals surface area contributed by atoms with E-state index in [1.165, 1.54) is 61.9 Å². The van der Waals surface area contributed by atoms with Crippen LogP contribution >= 0.6 is 22.7 Å². The molecule has 0 saturated heterocycles. The van der Waals surface area contributed by atoms with Crippen LogP contribution in [0.2, 0.25) is 0 Å². The second kappa shape index (κ2) is 15.9. The molecule has 0 saturated carbocycles. The number of para-hydroxylation sites is 2. The van der Waals surface area contributed by atoms with Crippen molar-refractivity contribution in [2.45, 2.75) is 0 Å². The lowest BCUT2D eigenvalue weighted by atomic mass is 9.96. The topological polar surface area (TPSA) is 72.3 Å². The minimum absolute atomic E-state index is 0.548. The zero-order chi connectivity index (χ0) is 47.4. The SMILES string of the molecule is N#Cc1ccc(-n2c3ccccc3c3c4sc5ccccc5c4ccc32)c(-c2cc(-c3nc(-c4ccccc4)nc(-c4ccccc4)n3)ccc2-n2c3ccccc3c3c4sc5ccccc5c4ccc32)c1. The Hall–Kier alpha value is -9.26. The summed E-state index contributed by atoms with van der Waals surface area (Å²) in [6.07, 6.45) is 0. The number of fused-ring (bicyclic) bond motifs is 14. The molecule has 0 amide bonds. The molecule has 15 aromatic rings. The lowest BCUT2D eigenvalue weighted by molar-refractivity contribution is 1.07. The van der Waals surface area contributed by atoms with E-state index in [2.05, 4.69) is 167 Å². The van der Waals surface area contributed by atoms with Crippen LogP contribution in [-0.2, 0) is 0 Å². The van der Waals surface area contributed by atoms with Crippen LogP contribution < -0.4 is 0 Å². The van der Waals surface area contributed by atoms with Crippen molar-refractivity contribution in [3.8, 4) is 62.7 Å². The average molecular weight is 953 g/mol. The molecule has 15 rings (SSSR count). The van der Waals surface area contributed by atoms with Crippen LogP contribution in [0.4, 0.5) is 0 Å². The first-order valence-electron chi connectivity index (χ1n) is 23.9. The molecule has 0 N–H and O–H groups in total. The van der Waals surface area contributed by atoms with Gasteiger partial charge in [0, 0.05) is 89.7 Å². The highest BCUT2D eigenvalue weighted by Crippen LogP contribution is 2.48. The van der Waals surface area contributed by atoms with Gasteiger partial charge in [-0.2, -0.15) is 5.26 Å². The van der Waals surface area contributed by atoms with Gasteiger partial charge < -0.3 is 9.13 Å². The van der Waals surface area contributed by atoms with Crippen LogP contribution in [-0.4, -0.2) is 24.1 Å². The third-order valence-electron chi connectivity index (χ3n) is 14.2. The summed E-state index contributed by atoms with van der Waals surface area (Å²) in [6.45, 7) is 0. The Morgan fingerprint density at radius 1 is 0.347 bits per heavy atom. The molecule has 0 radical (unpaired) electrons. The van der Waals surface area contributed by atoms with Crippen molar-refractivity contribution in [1.82, 2.24) is 24.1 Å². The second-order valence-corrected chi connectivity index (χ2v) is 20.3. The molecule has 5 heterocycles. The second-order valence-electron chi connectivity index (χ2n) is 18.2. The maximum absolute atomic E-state index is 10.8. The Balaban J connectivity index is 1.06. The van der Waals surface area contributed by atoms with E-state index in [1.54, 1.807) is 0 Å². The van der Waals surface area contributed by atoms with Crippen molar-refractivity contribution in [3.63, 3.8) is 0 Å². The van der Waals surface area contributed by atoms with E-state index in [4.69, 9.17) is 15.0 Å². The highest BCUT2D eigenvalue weighted by molar-refractivity contribution is 7.27. The van der Waals surface area contributed by atoms with Gasteiger partial charge in [-0.25, -0.2) is 15.0 Å². The molecule has 6 nitrogen and oxygen atoms in total. The van der Waals surface area contributed by atoms with Crippen molar-refractivity contribution >= 4 is 107 Å². The van der Waals surface area contributed by atoms with Gasteiger partial charge in [-0.15, -0.1) is 22.7 Å². The summed E-state index contributed by atoms with van der Waals surface area (Å²) in [7, 11) is 0. The van der Waals surface area contributed by atoms with E-state index >= 15 is 0 Å². The maximum atomic E-state index is 10.8. The van der Waals surface area contributed by atoms with E-state index in [-0.39, 0.29) is 0 Å². The molecule has 72 heavy (non-hydrogen) atoms. The predicted octanol–water partition coefficient (Wildman–Crippen LogP) is 17.3. The van der Waals surface area contributed by atoms with Gasteiger partial charge in [-0.3, -0.25) is 0 Å². The standard InChI is InChI=1S/C64H36N6S2/c65-37-38-27-31-52(69-50-23-11-7-21-46(50)58-54(69)33-29-44-42-19-9-13-25-56(42)71-60(44)58)48(35-38)49-36-41(64-67-62(39-15-3-1-4-16-39)66-63(68-64)40-17-5-2-6-18-40)28-32-53(49)70-51-24-12-8-22-47(51)59-55(70)34-30-45-43-20-10-14-26-57(43)72-61(45)59/h1-36H. The van der Waals surface area contributed by atoms with Gasteiger partial charge in [0.2, 0.25) is 0 Å². The summed E-state index contributed by atoms with van der Waals surface area (Å²) in [5, 5.41) is 20.6. The summed E-state index contributed by atoms with van der Waals surface area (Å²) in [5.74, 6) is 1.72. The first-order chi connectivity index (χ1) is 35.7. The fourth-order valence-electron chi connectivity index (χ4n) is 11.0. The van der Waals surface area contributed by atoms with E-state index in [0.717, 1.165) is 61.3 Å². The molecule has 0 unspecified atom stereocenters. The molecule has 0 aliphatic carbocycles. The van der Waals surface area contributed by atoms with Crippen LogP contribution in [0.25, 0.3) is 141 Å². The van der Waals surface area contributed by atoms with Crippen LogP contribution in [0, 0.1) is 11.3 Å². The van der Waals surface area contributed by atoms with Crippen LogP contribution in [0.15, 0.2) is 218 Å². The lowest BCUT2D eigenvalue weighted by Crippen LogP contribution is -2.04. The van der Waals surface area contributed by atoms with Crippen molar-refractivity contribution < 1.29 is 0 Å². The molecule has 0 bridgehead atoms. The Kier molecular flexibility index (Phi) is 8.96. The Bertz CT molecular complexity index is 4710. The van der Waals surface area contributed by atoms with Gasteiger partial charge in [0.15, 0.2) is 17.5 Å². The number of nitrogens with zero attached hydrogens (tertiary/aromatic N) is 6. The van der Waals surface area contributed by atoms with Gasteiger partial charge in [-0.05, 0) is 72.8 Å². The molecule has 334 valence electrons. The van der Waals surface area contributed by atoms with E-state index in [9.17, 15) is 5.26 Å². The fraction of sp³-hybridized carbons (Fsp3) is 0. The molecular weight excluding hydrogens is 917 g/mol. The third kappa shape index (κ3) is 6.09. The number of aromatic nitrogens is 5. The minimum Gasteiger partial charge on any atom is -0.309 e. The summed E-state index contributed by atoms with van der Waals surface area (Å²) in [4.78, 5) is 15.5. The molecule has 0 spiro atoms. The number of rotatable bonds is 6. The number of hydrogen-bond acceptors (Lipinski definition) is 6. The number of thiophene rings is 2. The Morgan fingerprint density at radius 2 is 0.778 bits per heavy atom. The first-order valence-corrected chi connectivity index (χ1v) is 25.5. The van der Waals surface area contributed by atoms with Crippen LogP contribution in [0.5, 0.6) is 0 Å². The van der Waals surface area contributed by atoms with E-state index in [1.807, 2.05) is 89.4 Å². The molecule has 0 atom stereocenters. The van der Waals surface area contributed by atoms with Gasteiger partial charge >= 0.3 is 0 Å². The number of benzene rings is 10. The fourth-order valence-corrected chi connectivity index (χ4v) is 13.5. The zero-order valence-electron chi connectivity index (χ0n) is 38.3.